The monoisotopic (exact) mass is 234 g/mol. The van der Waals surface area contributed by atoms with E-state index in [0.29, 0.717) is 0 Å². The number of nitrogens with zero attached hydrogens (tertiary/aromatic N) is 3. The SMILES string of the molecule is N#CCN(CC#N)C(=O)C1CCCCCCN1. The van der Waals surface area contributed by atoms with Gasteiger partial charge in [-0.1, -0.05) is 19.3 Å². The molecule has 1 aliphatic rings. The molecule has 1 amide bonds. The molecule has 0 spiro atoms. The average Bonchev–Trinajstić information content (AvgIpc) is 2.27. The lowest BCUT2D eigenvalue weighted by atomic mass is 10.0. The number of rotatable bonds is 3. The van der Waals surface area contributed by atoms with Crippen LogP contribution in [0.1, 0.15) is 32.1 Å². The molecule has 0 bridgehead atoms. The highest BCUT2D eigenvalue weighted by molar-refractivity contribution is 5.82. The average molecular weight is 234 g/mol. The molecule has 5 nitrogen and oxygen atoms in total. The zero-order valence-corrected chi connectivity index (χ0v) is 9.98. The fourth-order valence-corrected chi connectivity index (χ4v) is 2.02. The van der Waals surface area contributed by atoms with Crippen molar-refractivity contribution in [3.63, 3.8) is 0 Å². The molecule has 5 heteroatoms. The van der Waals surface area contributed by atoms with Crippen LogP contribution in [0.2, 0.25) is 0 Å². The van der Waals surface area contributed by atoms with Gasteiger partial charge in [0.25, 0.3) is 0 Å². The molecule has 92 valence electrons. The summed E-state index contributed by atoms with van der Waals surface area (Å²) in [6.45, 7) is 0.818. The van der Waals surface area contributed by atoms with Crippen LogP contribution in [0.15, 0.2) is 0 Å². The largest absolute Gasteiger partial charge is 0.315 e. The van der Waals surface area contributed by atoms with E-state index in [1.807, 2.05) is 12.1 Å². The Bertz CT molecular complexity index is 304. The van der Waals surface area contributed by atoms with E-state index in [0.717, 1.165) is 32.2 Å². The van der Waals surface area contributed by atoms with E-state index in [4.69, 9.17) is 10.5 Å². The summed E-state index contributed by atoms with van der Waals surface area (Å²) in [7, 11) is 0. The Morgan fingerprint density at radius 3 is 2.47 bits per heavy atom. The number of carbonyl (C=O) groups excluding carboxylic acids is 1. The predicted octanol–water partition coefficient (Wildman–Crippen LogP) is 0.784. The fraction of sp³-hybridized carbons (Fsp3) is 0.750. The van der Waals surface area contributed by atoms with Gasteiger partial charge in [-0.2, -0.15) is 10.5 Å². The number of nitrogens with one attached hydrogen (secondary N) is 1. The van der Waals surface area contributed by atoms with Crippen molar-refractivity contribution in [2.45, 2.75) is 38.1 Å². The van der Waals surface area contributed by atoms with Crippen LogP contribution in [0.25, 0.3) is 0 Å². The third-order valence-electron chi connectivity index (χ3n) is 2.94. The van der Waals surface area contributed by atoms with Gasteiger partial charge in [0.05, 0.1) is 18.2 Å². The molecular weight excluding hydrogens is 216 g/mol. The summed E-state index contributed by atoms with van der Waals surface area (Å²) in [5.74, 6) is -0.116. The van der Waals surface area contributed by atoms with Crippen molar-refractivity contribution in [2.75, 3.05) is 19.6 Å². The maximum Gasteiger partial charge on any atom is 0.241 e. The van der Waals surface area contributed by atoms with E-state index < -0.39 is 0 Å². The van der Waals surface area contributed by atoms with Crippen LogP contribution in [0.5, 0.6) is 0 Å². The van der Waals surface area contributed by atoms with Crippen LogP contribution in [0.3, 0.4) is 0 Å². The van der Waals surface area contributed by atoms with Gasteiger partial charge >= 0.3 is 0 Å². The van der Waals surface area contributed by atoms with Gasteiger partial charge < -0.3 is 10.2 Å². The number of nitriles is 2. The van der Waals surface area contributed by atoms with E-state index in [9.17, 15) is 4.79 Å². The number of carbonyl (C=O) groups is 1. The molecule has 0 aromatic rings. The molecule has 1 rings (SSSR count). The first kappa shape index (κ1) is 13.5. The highest BCUT2D eigenvalue weighted by Crippen LogP contribution is 2.11. The quantitative estimate of drug-likeness (QED) is 0.732. The van der Waals surface area contributed by atoms with Crippen molar-refractivity contribution in [3.05, 3.63) is 0 Å². The van der Waals surface area contributed by atoms with Crippen molar-refractivity contribution >= 4 is 5.91 Å². The summed E-state index contributed by atoms with van der Waals surface area (Å²) in [5, 5.41) is 20.5. The summed E-state index contributed by atoms with van der Waals surface area (Å²) >= 11 is 0. The lowest BCUT2D eigenvalue weighted by Crippen LogP contribution is -2.47. The van der Waals surface area contributed by atoms with Crippen LogP contribution in [-0.4, -0.2) is 36.5 Å². The van der Waals surface area contributed by atoms with Gasteiger partial charge in [-0.15, -0.1) is 0 Å². The Kier molecular flexibility index (Phi) is 6.06. The van der Waals surface area contributed by atoms with Gasteiger partial charge in [-0.3, -0.25) is 4.79 Å². The lowest BCUT2D eigenvalue weighted by molar-refractivity contribution is -0.132. The summed E-state index contributed by atoms with van der Waals surface area (Å²) in [5.41, 5.74) is 0. The van der Waals surface area contributed by atoms with Gasteiger partial charge in [0, 0.05) is 0 Å². The summed E-state index contributed by atoms with van der Waals surface area (Å²) in [6.07, 6.45) is 5.26. The Balaban J connectivity index is 2.57. The van der Waals surface area contributed by atoms with Crippen LogP contribution >= 0.6 is 0 Å². The molecule has 1 fully saturated rings. The predicted molar refractivity (Wildman–Crippen MR) is 62.7 cm³/mol. The van der Waals surface area contributed by atoms with Gasteiger partial charge in [-0.25, -0.2) is 0 Å². The highest BCUT2D eigenvalue weighted by Gasteiger charge is 2.23. The fourth-order valence-electron chi connectivity index (χ4n) is 2.02. The number of amides is 1. The van der Waals surface area contributed by atoms with Gasteiger partial charge in [-0.05, 0) is 19.4 Å². The zero-order chi connectivity index (χ0) is 12.5. The summed E-state index contributed by atoms with van der Waals surface area (Å²) in [4.78, 5) is 13.4. The third kappa shape index (κ3) is 4.42. The van der Waals surface area contributed by atoms with E-state index >= 15 is 0 Å². The molecule has 1 saturated heterocycles. The molecule has 0 radical (unpaired) electrons. The summed E-state index contributed by atoms with van der Waals surface area (Å²) in [6, 6.07) is 3.63. The topological polar surface area (TPSA) is 79.9 Å². The van der Waals surface area contributed by atoms with E-state index in [-0.39, 0.29) is 25.0 Å². The van der Waals surface area contributed by atoms with Gasteiger partial charge in [0.2, 0.25) is 5.91 Å². The minimum absolute atomic E-state index is 0.00935. The van der Waals surface area contributed by atoms with E-state index in [2.05, 4.69) is 5.32 Å². The van der Waals surface area contributed by atoms with Gasteiger partial charge in [0.15, 0.2) is 0 Å². The van der Waals surface area contributed by atoms with Crippen LogP contribution in [-0.2, 0) is 4.79 Å². The standard InChI is InChI=1S/C12H18N4O/c13-6-9-16(10-7-14)12(17)11-5-3-1-2-4-8-15-11/h11,15H,1-5,8-10H2. The van der Waals surface area contributed by atoms with Gasteiger partial charge in [0.1, 0.15) is 13.1 Å². The van der Waals surface area contributed by atoms with Crippen molar-refractivity contribution in [1.29, 1.82) is 10.5 Å². The second kappa shape index (κ2) is 7.65. The molecule has 1 aliphatic heterocycles. The number of hydrogen-bond donors (Lipinski definition) is 1. The molecule has 0 aliphatic carbocycles. The molecule has 0 aromatic heterocycles. The molecule has 0 saturated carbocycles. The molecule has 17 heavy (non-hydrogen) atoms. The highest BCUT2D eigenvalue weighted by atomic mass is 16.2. The van der Waals surface area contributed by atoms with Crippen molar-refractivity contribution < 1.29 is 4.79 Å². The smallest absolute Gasteiger partial charge is 0.241 e. The van der Waals surface area contributed by atoms with Crippen LogP contribution in [0.4, 0.5) is 0 Å². The first-order valence-corrected chi connectivity index (χ1v) is 6.05. The van der Waals surface area contributed by atoms with Crippen LogP contribution in [0, 0.1) is 22.7 Å². The maximum absolute atomic E-state index is 12.1. The molecule has 1 unspecified atom stereocenters. The number of hydrogen-bond acceptors (Lipinski definition) is 4. The minimum atomic E-state index is -0.225. The zero-order valence-electron chi connectivity index (χ0n) is 9.98. The van der Waals surface area contributed by atoms with Crippen LogP contribution < -0.4 is 5.32 Å². The molecule has 1 heterocycles. The van der Waals surface area contributed by atoms with Crippen molar-refractivity contribution in [2.24, 2.45) is 0 Å². The first-order valence-electron chi connectivity index (χ1n) is 6.05. The Hall–Kier alpha value is -1.59. The minimum Gasteiger partial charge on any atom is -0.315 e. The first-order chi connectivity index (χ1) is 8.29. The molecular formula is C12H18N4O. The molecule has 1 atom stereocenters. The lowest BCUT2D eigenvalue weighted by Gasteiger charge is -2.25. The second-order valence-electron chi connectivity index (χ2n) is 4.22. The molecule has 1 N–H and O–H groups in total. The maximum atomic E-state index is 12.1. The van der Waals surface area contributed by atoms with E-state index in [1.165, 1.54) is 11.3 Å². The summed E-state index contributed by atoms with van der Waals surface area (Å²) < 4.78 is 0. The van der Waals surface area contributed by atoms with E-state index in [1.54, 1.807) is 0 Å². The Morgan fingerprint density at radius 1 is 1.18 bits per heavy atom. The van der Waals surface area contributed by atoms with Crippen molar-refractivity contribution in [3.8, 4) is 12.1 Å². The normalized spacial score (nSPS) is 20.5. The molecule has 0 aromatic carbocycles. The Morgan fingerprint density at radius 2 is 1.82 bits per heavy atom. The van der Waals surface area contributed by atoms with Crippen molar-refractivity contribution in [1.82, 2.24) is 10.2 Å². The Labute approximate surface area is 102 Å². The second-order valence-corrected chi connectivity index (χ2v) is 4.22. The third-order valence-corrected chi connectivity index (χ3v) is 2.94.